The van der Waals surface area contributed by atoms with Crippen LogP contribution in [0.3, 0.4) is 0 Å². The summed E-state index contributed by atoms with van der Waals surface area (Å²) in [5.41, 5.74) is -0.686. The number of hydrogen-bond donors (Lipinski definition) is 1. The minimum absolute atomic E-state index is 0.00972. The van der Waals surface area contributed by atoms with Crippen molar-refractivity contribution in [3.8, 4) is 0 Å². The Kier molecular flexibility index (Phi) is 3.32. The van der Waals surface area contributed by atoms with Crippen LogP contribution in [0.5, 0.6) is 0 Å². The molecule has 0 saturated carbocycles. The van der Waals surface area contributed by atoms with E-state index in [-0.39, 0.29) is 22.0 Å². The summed E-state index contributed by atoms with van der Waals surface area (Å²) >= 11 is 5.71. The Labute approximate surface area is 113 Å². The van der Waals surface area contributed by atoms with E-state index >= 15 is 0 Å². The summed E-state index contributed by atoms with van der Waals surface area (Å²) in [5.74, 6) is -2.08. The van der Waals surface area contributed by atoms with E-state index in [4.69, 9.17) is 16.7 Å². The fourth-order valence-electron chi connectivity index (χ4n) is 1.92. The average molecular weight is 284 g/mol. The number of nitrogens with zero attached hydrogens (tertiary/aromatic N) is 1. The van der Waals surface area contributed by atoms with E-state index < -0.39 is 17.2 Å². The van der Waals surface area contributed by atoms with Gasteiger partial charge in [0.15, 0.2) is 0 Å². The number of rotatable bonds is 2. The van der Waals surface area contributed by atoms with Gasteiger partial charge in [-0.05, 0) is 26.0 Å². The number of aromatic carboxylic acids is 1. The lowest BCUT2D eigenvalue weighted by Gasteiger charge is -2.16. The molecule has 19 heavy (non-hydrogen) atoms. The molecule has 0 bridgehead atoms. The second-order valence-corrected chi connectivity index (χ2v) is 4.87. The number of halogens is 2. The first-order valence-electron chi connectivity index (χ1n) is 5.60. The van der Waals surface area contributed by atoms with Gasteiger partial charge in [-0.25, -0.2) is 9.18 Å². The summed E-state index contributed by atoms with van der Waals surface area (Å²) in [6.45, 7) is 3.65. The third-order valence-electron chi connectivity index (χ3n) is 2.86. The van der Waals surface area contributed by atoms with Gasteiger partial charge in [-0.3, -0.25) is 4.79 Å². The second-order valence-electron chi connectivity index (χ2n) is 4.46. The lowest BCUT2D eigenvalue weighted by atomic mass is 10.1. The zero-order valence-electron chi connectivity index (χ0n) is 10.3. The summed E-state index contributed by atoms with van der Waals surface area (Å²) in [7, 11) is 0. The standard InChI is InChI=1S/C13H11ClFNO3/c1-6(2)16-5-8(13(18)19)12(17)7-3-10(15)9(14)4-11(7)16/h3-6H,1-2H3,(H,18,19). The van der Waals surface area contributed by atoms with E-state index in [2.05, 4.69) is 0 Å². The van der Waals surface area contributed by atoms with Gasteiger partial charge in [0.2, 0.25) is 5.43 Å². The maximum absolute atomic E-state index is 13.5. The van der Waals surface area contributed by atoms with Crippen LogP contribution in [0.25, 0.3) is 10.9 Å². The molecular weight excluding hydrogens is 273 g/mol. The summed E-state index contributed by atoms with van der Waals surface area (Å²) in [6.07, 6.45) is 1.26. The van der Waals surface area contributed by atoms with Crippen molar-refractivity contribution in [1.29, 1.82) is 0 Å². The third kappa shape index (κ3) is 2.21. The number of benzene rings is 1. The van der Waals surface area contributed by atoms with Gasteiger partial charge in [0.1, 0.15) is 11.4 Å². The van der Waals surface area contributed by atoms with Crippen LogP contribution in [-0.2, 0) is 0 Å². The molecule has 2 aromatic rings. The number of carbonyl (C=O) groups is 1. The zero-order chi connectivity index (χ0) is 14.3. The molecule has 1 N–H and O–H groups in total. The van der Waals surface area contributed by atoms with Crippen molar-refractivity contribution in [2.45, 2.75) is 19.9 Å². The first-order valence-corrected chi connectivity index (χ1v) is 5.98. The van der Waals surface area contributed by atoms with Gasteiger partial charge in [-0.15, -0.1) is 0 Å². The molecule has 0 atom stereocenters. The Hall–Kier alpha value is -1.88. The van der Waals surface area contributed by atoms with Crippen LogP contribution < -0.4 is 5.43 Å². The second kappa shape index (κ2) is 4.66. The molecule has 0 aliphatic carbocycles. The van der Waals surface area contributed by atoms with E-state index in [0.717, 1.165) is 6.07 Å². The first-order chi connectivity index (χ1) is 8.82. The van der Waals surface area contributed by atoms with Gasteiger partial charge >= 0.3 is 5.97 Å². The molecule has 0 radical (unpaired) electrons. The minimum atomic E-state index is -1.34. The van der Waals surface area contributed by atoms with Gasteiger partial charge < -0.3 is 9.67 Å². The minimum Gasteiger partial charge on any atom is -0.477 e. The van der Waals surface area contributed by atoms with Crippen LogP contribution in [0.2, 0.25) is 5.02 Å². The Morgan fingerprint density at radius 2 is 2.05 bits per heavy atom. The summed E-state index contributed by atoms with van der Waals surface area (Å²) in [4.78, 5) is 23.1. The molecule has 1 aromatic heterocycles. The number of hydrogen-bond acceptors (Lipinski definition) is 2. The van der Waals surface area contributed by atoms with Gasteiger partial charge in [0.25, 0.3) is 0 Å². The third-order valence-corrected chi connectivity index (χ3v) is 3.15. The number of pyridine rings is 1. The van der Waals surface area contributed by atoms with Crippen molar-refractivity contribution in [3.63, 3.8) is 0 Å². The zero-order valence-corrected chi connectivity index (χ0v) is 11.0. The van der Waals surface area contributed by atoms with E-state index in [9.17, 15) is 14.0 Å². The molecule has 0 amide bonds. The Bertz CT molecular complexity index is 737. The number of carboxylic acid groups (broad SMARTS) is 1. The predicted molar refractivity (Wildman–Crippen MR) is 70.5 cm³/mol. The van der Waals surface area contributed by atoms with Crippen LogP contribution in [0.15, 0.2) is 23.1 Å². The van der Waals surface area contributed by atoms with Gasteiger partial charge in [0.05, 0.1) is 10.5 Å². The molecule has 0 aliphatic rings. The van der Waals surface area contributed by atoms with E-state index in [1.807, 2.05) is 13.8 Å². The van der Waals surface area contributed by atoms with Crippen molar-refractivity contribution >= 4 is 28.5 Å². The lowest BCUT2D eigenvalue weighted by molar-refractivity contribution is 0.0694. The maximum Gasteiger partial charge on any atom is 0.341 e. The van der Waals surface area contributed by atoms with Gasteiger partial charge in [-0.1, -0.05) is 11.6 Å². The van der Waals surface area contributed by atoms with E-state index in [0.29, 0.717) is 5.52 Å². The average Bonchev–Trinajstić information content (AvgIpc) is 2.31. The molecule has 0 spiro atoms. The molecule has 100 valence electrons. The van der Waals surface area contributed by atoms with Crippen molar-refractivity contribution in [1.82, 2.24) is 4.57 Å². The summed E-state index contributed by atoms with van der Waals surface area (Å²) in [5, 5.41) is 8.92. The quantitative estimate of drug-likeness (QED) is 0.921. The Balaban J connectivity index is 3.01. The molecule has 1 heterocycles. The Morgan fingerprint density at radius 1 is 1.42 bits per heavy atom. The van der Waals surface area contributed by atoms with Crippen LogP contribution >= 0.6 is 11.6 Å². The smallest absolute Gasteiger partial charge is 0.341 e. The van der Waals surface area contributed by atoms with Gasteiger partial charge in [0, 0.05) is 17.6 Å². The topological polar surface area (TPSA) is 59.3 Å². The molecule has 0 unspecified atom stereocenters. The highest BCUT2D eigenvalue weighted by Crippen LogP contribution is 2.23. The normalized spacial score (nSPS) is 11.2. The monoisotopic (exact) mass is 283 g/mol. The van der Waals surface area contributed by atoms with Crippen LogP contribution in [0.1, 0.15) is 30.2 Å². The summed E-state index contributed by atoms with van der Waals surface area (Å²) in [6, 6.07) is 2.22. The lowest BCUT2D eigenvalue weighted by Crippen LogP contribution is -2.20. The first kappa shape index (κ1) is 13.5. The summed E-state index contributed by atoms with van der Waals surface area (Å²) < 4.78 is 15.1. The van der Waals surface area contributed by atoms with Crippen molar-refractivity contribution in [3.05, 3.63) is 45.0 Å². The molecule has 0 aliphatic heterocycles. The number of carboxylic acids is 1. The SMILES string of the molecule is CC(C)n1cc(C(=O)O)c(=O)c2cc(F)c(Cl)cc21. The maximum atomic E-state index is 13.5. The highest BCUT2D eigenvalue weighted by Gasteiger charge is 2.17. The molecular formula is C13H11ClFNO3. The van der Waals surface area contributed by atoms with Crippen molar-refractivity contribution in [2.75, 3.05) is 0 Å². The largest absolute Gasteiger partial charge is 0.477 e. The molecule has 4 nitrogen and oxygen atoms in total. The highest BCUT2D eigenvalue weighted by molar-refractivity contribution is 6.31. The van der Waals surface area contributed by atoms with Gasteiger partial charge in [-0.2, -0.15) is 0 Å². The Morgan fingerprint density at radius 3 is 2.58 bits per heavy atom. The predicted octanol–water partition coefficient (Wildman–Crippen LogP) is 3.07. The van der Waals surface area contributed by atoms with Crippen LogP contribution in [-0.4, -0.2) is 15.6 Å². The van der Waals surface area contributed by atoms with E-state index in [1.54, 1.807) is 4.57 Å². The van der Waals surface area contributed by atoms with Crippen LogP contribution in [0.4, 0.5) is 4.39 Å². The fraction of sp³-hybridized carbons (Fsp3) is 0.231. The molecule has 0 saturated heterocycles. The molecule has 6 heteroatoms. The van der Waals surface area contributed by atoms with Crippen molar-refractivity contribution in [2.24, 2.45) is 0 Å². The van der Waals surface area contributed by atoms with Crippen LogP contribution in [0, 0.1) is 5.82 Å². The molecule has 2 rings (SSSR count). The van der Waals surface area contributed by atoms with E-state index in [1.165, 1.54) is 12.3 Å². The molecule has 0 fully saturated rings. The van der Waals surface area contributed by atoms with Crippen molar-refractivity contribution < 1.29 is 14.3 Å². The number of fused-ring (bicyclic) bond motifs is 1. The highest BCUT2D eigenvalue weighted by atomic mass is 35.5. The fourth-order valence-corrected chi connectivity index (χ4v) is 2.08. The number of aromatic nitrogens is 1. The molecule has 1 aromatic carbocycles.